The van der Waals surface area contributed by atoms with Gasteiger partial charge in [0.25, 0.3) is 0 Å². The molecule has 2 N–H and O–H groups in total. The molecule has 0 bridgehead atoms. The smallest absolute Gasteiger partial charge is 0.185 e. The van der Waals surface area contributed by atoms with Crippen LogP contribution in [-0.4, -0.2) is 63.0 Å². The van der Waals surface area contributed by atoms with Crippen LogP contribution in [0, 0.1) is 0 Å². The van der Waals surface area contributed by atoms with Crippen LogP contribution >= 0.6 is 11.3 Å². The Kier molecular flexibility index (Phi) is 6.22. The van der Waals surface area contributed by atoms with Gasteiger partial charge in [-0.3, -0.25) is 4.48 Å². The molecule has 2 aliphatic heterocycles. The zero-order chi connectivity index (χ0) is 21.4. The molecule has 0 spiro atoms. The maximum absolute atomic E-state index is 8.95. The molecule has 0 aliphatic carbocycles. The largest absolute Gasteiger partial charge is 0.396 e. The molecule has 0 amide bonds. The lowest BCUT2D eigenvalue weighted by atomic mass is 9.76. The van der Waals surface area contributed by atoms with Gasteiger partial charge in [0.15, 0.2) is 5.13 Å². The van der Waals surface area contributed by atoms with Crippen LogP contribution in [0.1, 0.15) is 45.1 Å². The zero-order valence-electron chi connectivity index (χ0n) is 18.9. The van der Waals surface area contributed by atoms with Crippen molar-refractivity contribution in [3.63, 3.8) is 0 Å². The molecule has 1 aromatic carbocycles. The standard InChI is InChI=1S/C24H37N4OS/c1-24(2)10-14-28(3,4)22-7-6-18(16-20(22)24)21-17-30-23(26-21)27-12-8-19(9-13-27)25-11-5-15-29/h6-7,16-17,19,25,29H,5,8-15H2,1-4H3/q+1. The van der Waals surface area contributed by atoms with Crippen molar-refractivity contribution in [1.82, 2.24) is 14.8 Å². The van der Waals surface area contributed by atoms with Gasteiger partial charge in [0.05, 0.1) is 26.3 Å². The highest BCUT2D eigenvalue weighted by Crippen LogP contribution is 2.43. The number of thiazole rings is 1. The third-order valence-electron chi connectivity index (χ3n) is 6.99. The van der Waals surface area contributed by atoms with E-state index < -0.39 is 0 Å². The molecule has 164 valence electrons. The summed E-state index contributed by atoms with van der Waals surface area (Å²) in [5, 5.41) is 15.9. The van der Waals surface area contributed by atoms with Crippen molar-refractivity contribution in [1.29, 1.82) is 0 Å². The third-order valence-corrected chi connectivity index (χ3v) is 7.90. The molecule has 30 heavy (non-hydrogen) atoms. The van der Waals surface area contributed by atoms with E-state index in [1.807, 2.05) is 0 Å². The molecule has 3 heterocycles. The second-order valence-electron chi connectivity index (χ2n) is 10.1. The van der Waals surface area contributed by atoms with Gasteiger partial charge in [-0.05, 0) is 37.9 Å². The van der Waals surface area contributed by atoms with Gasteiger partial charge >= 0.3 is 0 Å². The van der Waals surface area contributed by atoms with Crippen molar-refractivity contribution in [2.45, 2.75) is 51.0 Å². The minimum absolute atomic E-state index is 0.211. The van der Waals surface area contributed by atoms with Crippen molar-refractivity contribution in [3.8, 4) is 11.3 Å². The van der Waals surface area contributed by atoms with Gasteiger partial charge in [0, 0.05) is 60.1 Å². The molecule has 2 aromatic rings. The number of aliphatic hydroxyl groups excluding tert-OH is 1. The van der Waals surface area contributed by atoms with Crippen LogP contribution in [0.5, 0.6) is 0 Å². The minimum Gasteiger partial charge on any atom is -0.396 e. The summed E-state index contributed by atoms with van der Waals surface area (Å²) in [5.74, 6) is 0. The maximum atomic E-state index is 8.95. The van der Waals surface area contributed by atoms with E-state index in [0.717, 1.165) is 54.2 Å². The summed E-state index contributed by atoms with van der Waals surface area (Å²) in [5.41, 5.74) is 5.48. The molecule has 6 heteroatoms. The molecule has 2 aliphatic rings. The number of hydrogen-bond acceptors (Lipinski definition) is 5. The second-order valence-corrected chi connectivity index (χ2v) is 10.9. The van der Waals surface area contributed by atoms with Gasteiger partial charge in [-0.1, -0.05) is 13.8 Å². The van der Waals surface area contributed by atoms with Crippen LogP contribution < -0.4 is 14.7 Å². The monoisotopic (exact) mass is 429 g/mol. The topological polar surface area (TPSA) is 48.4 Å². The first kappa shape index (κ1) is 21.8. The summed E-state index contributed by atoms with van der Waals surface area (Å²) in [6.07, 6.45) is 4.32. The molecular formula is C24H37N4OS+. The van der Waals surface area contributed by atoms with E-state index in [1.165, 1.54) is 29.8 Å². The van der Waals surface area contributed by atoms with E-state index in [1.54, 1.807) is 11.3 Å². The Labute approximate surface area is 185 Å². The molecule has 1 saturated heterocycles. The Balaban J connectivity index is 1.48. The Morgan fingerprint density at radius 3 is 2.77 bits per heavy atom. The number of benzene rings is 1. The summed E-state index contributed by atoms with van der Waals surface area (Å²) in [4.78, 5) is 7.45. The number of rotatable bonds is 6. The summed E-state index contributed by atoms with van der Waals surface area (Å²) < 4.78 is 0.961. The molecule has 0 saturated carbocycles. The maximum Gasteiger partial charge on any atom is 0.185 e. The average molecular weight is 430 g/mol. The molecular weight excluding hydrogens is 392 g/mol. The number of anilines is 1. The number of nitrogens with one attached hydrogen (secondary N) is 1. The lowest BCUT2D eigenvalue weighted by molar-refractivity contribution is 0.280. The van der Waals surface area contributed by atoms with Gasteiger partial charge in [-0.25, -0.2) is 4.98 Å². The number of fused-ring (bicyclic) bond motifs is 1. The normalized spacial score (nSPS) is 20.9. The van der Waals surface area contributed by atoms with Crippen molar-refractivity contribution < 1.29 is 5.11 Å². The predicted molar refractivity (Wildman–Crippen MR) is 129 cm³/mol. The summed E-state index contributed by atoms with van der Waals surface area (Å²) in [7, 11) is 4.63. The van der Waals surface area contributed by atoms with Gasteiger partial charge < -0.3 is 15.3 Å². The summed E-state index contributed by atoms with van der Waals surface area (Å²) in [6, 6.07) is 7.55. The Bertz CT molecular complexity index is 868. The van der Waals surface area contributed by atoms with Gasteiger partial charge in [-0.2, -0.15) is 0 Å². The fourth-order valence-electron chi connectivity index (χ4n) is 4.78. The molecule has 1 fully saturated rings. The highest BCUT2D eigenvalue weighted by atomic mass is 32.1. The van der Waals surface area contributed by atoms with Gasteiger partial charge in [0.2, 0.25) is 0 Å². The summed E-state index contributed by atoms with van der Waals surface area (Å²) in [6.45, 7) is 9.21. The number of aromatic nitrogens is 1. The fourth-order valence-corrected chi connectivity index (χ4v) is 5.67. The first-order valence-corrected chi connectivity index (χ1v) is 12.2. The first-order valence-electron chi connectivity index (χ1n) is 11.3. The van der Waals surface area contributed by atoms with Crippen LogP contribution in [0.15, 0.2) is 23.6 Å². The second kappa shape index (κ2) is 8.58. The Morgan fingerprint density at radius 1 is 1.27 bits per heavy atom. The highest BCUT2D eigenvalue weighted by Gasteiger charge is 2.38. The van der Waals surface area contributed by atoms with Crippen LogP contribution in [-0.2, 0) is 5.41 Å². The molecule has 1 aromatic heterocycles. The number of nitrogens with zero attached hydrogens (tertiary/aromatic N) is 3. The van der Waals surface area contributed by atoms with Crippen LogP contribution in [0.4, 0.5) is 10.8 Å². The van der Waals surface area contributed by atoms with E-state index in [-0.39, 0.29) is 12.0 Å². The minimum atomic E-state index is 0.211. The lowest BCUT2D eigenvalue weighted by Gasteiger charge is -2.42. The summed E-state index contributed by atoms with van der Waals surface area (Å²) >= 11 is 1.77. The van der Waals surface area contributed by atoms with E-state index in [4.69, 9.17) is 10.1 Å². The third kappa shape index (κ3) is 4.42. The van der Waals surface area contributed by atoms with Crippen molar-refractivity contribution in [3.05, 3.63) is 29.1 Å². The Morgan fingerprint density at radius 2 is 2.03 bits per heavy atom. The van der Waals surface area contributed by atoms with Crippen molar-refractivity contribution >= 4 is 22.2 Å². The molecule has 4 rings (SSSR count). The van der Waals surface area contributed by atoms with Crippen molar-refractivity contribution in [2.24, 2.45) is 0 Å². The molecule has 0 atom stereocenters. The number of aliphatic hydroxyl groups is 1. The Hall–Kier alpha value is -1.47. The van der Waals surface area contributed by atoms with Crippen LogP contribution in [0.3, 0.4) is 0 Å². The quantitative estimate of drug-likeness (QED) is 0.538. The average Bonchev–Trinajstić information content (AvgIpc) is 3.22. The molecule has 0 radical (unpaired) electrons. The number of quaternary nitrogens is 1. The van der Waals surface area contributed by atoms with E-state index in [2.05, 4.69) is 61.7 Å². The van der Waals surface area contributed by atoms with E-state index in [0.29, 0.717) is 6.04 Å². The van der Waals surface area contributed by atoms with E-state index in [9.17, 15) is 0 Å². The predicted octanol–water partition coefficient (Wildman–Crippen LogP) is 4.00. The lowest BCUT2D eigenvalue weighted by Crippen LogP contribution is -2.48. The number of hydrogen-bond donors (Lipinski definition) is 2. The first-order chi connectivity index (χ1) is 14.3. The van der Waals surface area contributed by atoms with Crippen molar-refractivity contribution in [2.75, 3.05) is 51.8 Å². The molecule has 5 nitrogen and oxygen atoms in total. The van der Waals surface area contributed by atoms with Crippen LogP contribution in [0.25, 0.3) is 11.3 Å². The number of piperidine rings is 1. The van der Waals surface area contributed by atoms with Gasteiger partial charge in [-0.15, -0.1) is 11.3 Å². The fraction of sp³-hybridized carbons (Fsp3) is 0.625. The van der Waals surface area contributed by atoms with Gasteiger partial charge in [0.1, 0.15) is 5.69 Å². The zero-order valence-corrected chi connectivity index (χ0v) is 19.8. The van der Waals surface area contributed by atoms with Crippen LogP contribution in [0.2, 0.25) is 0 Å². The highest BCUT2D eigenvalue weighted by molar-refractivity contribution is 7.14. The SMILES string of the molecule is CC1(C)CC[N+](C)(C)c2ccc(-c3csc(N4CCC(NCCCO)CC4)n3)cc21. The van der Waals surface area contributed by atoms with E-state index >= 15 is 0 Å². The molecule has 0 unspecified atom stereocenters.